The van der Waals surface area contributed by atoms with E-state index >= 15 is 0 Å². The number of carbonyl (C=O) groups excluding carboxylic acids is 2. The van der Waals surface area contributed by atoms with Crippen molar-refractivity contribution in [1.82, 2.24) is 19.8 Å². The molecule has 0 heterocycles. The molecule has 276 valence electrons. The van der Waals surface area contributed by atoms with Crippen LogP contribution in [0.3, 0.4) is 0 Å². The summed E-state index contributed by atoms with van der Waals surface area (Å²) >= 11 is 0. The van der Waals surface area contributed by atoms with E-state index in [2.05, 4.69) is 22.5 Å². The number of hydrogen-bond acceptors (Lipinski definition) is 7. The summed E-state index contributed by atoms with van der Waals surface area (Å²) in [4.78, 5) is 28.6. The summed E-state index contributed by atoms with van der Waals surface area (Å²) < 4.78 is 59.8. The highest BCUT2D eigenvalue weighted by molar-refractivity contribution is 7.89. The molecule has 2 amide bonds. The molecule has 0 radical (unpaired) electrons. The van der Waals surface area contributed by atoms with Gasteiger partial charge in [-0.15, -0.1) is 24.7 Å². The molecule has 0 saturated heterocycles. The molecule has 0 aromatic heterocycles. The van der Waals surface area contributed by atoms with Crippen LogP contribution in [0.2, 0.25) is 0 Å². The van der Waals surface area contributed by atoms with Gasteiger partial charge in [-0.05, 0) is 37.8 Å². The van der Waals surface area contributed by atoms with Crippen LogP contribution in [-0.4, -0.2) is 111 Å². The number of nitrogens with one attached hydrogen (secondary N) is 2. The molecule has 1 fully saturated rings. The highest BCUT2D eigenvalue weighted by Crippen LogP contribution is 2.29. The lowest BCUT2D eigenvalue weighted by Gasteiger charge is -2.33. The molecule has 0 aliphatic heterocycles. The van der Waals surface area contributed by atoms with Gasteiger partial charge in [0.05, 0.1) is 23.8 Å². The number of benzene rings is 1. The number of amides is 2. The van der Waals surface area contributed by atoms with Crippen molar-refractivity contribution in [2.24, 2.45) is 11.8 Å². The van der Waals surface area contributed by atoms with Crippen molar-refractivity contribution in [3.8, 4) is 24.7 Å². The Balaban J connectivity index is 0.00000385. The molecule has 2 rings (SSSR count). The van der Waals surface area contributed by atoms with E-state index in [0.717, 1.165) is 42.0 Å². The molecular formula is C35H53F3N4O6S. The van der Waals surface area contributed by atoms with Crippen molar-refractivity contribution >= 4 is 21.8 Å². The summed E-state index contributed by atoms with van der Waals surface area (Å²) in [6.45, 7) is -2.28. The molecular weight excluding hydrogens is 661 g/mol. The van der Waals surface area contributed by atoms with Crippen LogP contribution in [-0.2, 0) is 26.0 Å². The Morgan fingerprint density at radius 2 is 1.61 bits per heavy atom. The first-order valence-electron chi connectivity index (χ1n) is 16.5. The van der Waals surface area contributed by atoms with Crippen LogP contribution in [0.15, 0.2) is 30.3 Å². The Kier molecular flexibility index (Phi) is 21.6. The lowest BCUT2D eigenvalue weighted by molar-refractivity contribution is -0.132. The van der Waals surface area contributed by atoms with Crippen molar-refractivity contribution in [2.45, 2.75) is 88.5 Å². The van der Waals surface area contributed by atoms with E-state index in [1.165, 1.54) is 19.0 Å². The zero-order chi connectivity index (χ0) is 36.8. The highest BCUT2D eigenvalue weighted by Gasteiger charge is 2.34. The molecule has 49 heavy (non-hydrogen) atoms. The first-order valence-corrected chi connectivity index (χ1v) is 18.1. The van der Waals surface area contributed by atoms with Crippen LogP contribution in [0.1, 0.15) is 63.4 Å². The predicted octanol–water partition coefficient (Wildman–Crippen LogP) is 2.95. The Morgan fingerprint density at radius 3 is 2.18 bits per heavy atom. The summed E-state index contributed by atoms with van der Waals surface area (Å²) in [5.74, 6) is 2.17. The number of nitrogens with zero attached hydrogens (tertiary/aromatic N) is 2. The third-order valence-corrected chi connectivity index (χ3v) is 10.5. The highest BCUT2D eigenvalue weighted by atomic mass is 32.2. The van der Waals surface area contributed by atoms with Crippen LogP contribution in [0.5, 0.6) is 0 Å². The second kappa shape index (κ2) is 24.1. The molecule has 4 N–H and O–H groups in total. The summed E-state index contributed by atoms with van der Waals surface area (Å²) in [5, 5.41) is 27.2. The summed E-state index contributed by atoms with van der Waals surface area (Å²) in [6, 6.07) is 6.90. The lowest BCUT2D eigenvalue weighted by Crippen LogP contribution is -2.56. The fourth-order valence-electron chi connectivity index (χ4n) is 5.65. The van der Waals surface area contributed by atoms with Crippen molar-refractivity contribution in [3.05, 3.63) is 35.9 Å². The largest absolute Gasteiger partial charge is 0.390 e. The zero-order valence-corrected chi connectivity index (χ0v) is 29.4. The smallest absolute Gasteiger partial charge is 0.243 e. The van der Waals surface area contributed by atoms with E-state index in [-0.39, 0.29) is 44.7 Å². The molecule has 1 aliphatic rings. The number of likely N-dealkylation sites (N-methyl/N-ethyl adjacent to an activating group) is 2. The number of halogens is 3. The maximum Gasteiger partial charge on any atom is 0.243 e. The van der Waals surface area contributed by atoms with Gasteiger partial charge < -0.3 is 20.8 Å². The van der Waals surface area contributed by atoms with E-state index in [9.17, 15) is 41.4 Å². The number of hydrogen-bond donors (Lipinski definition) is 4. The number of aliphatic hydroxyl groups is 2. The molecule has 14 heteroatoms. The Labute approximate surface area is 290 Å². The van der Waals surface area contributed by atoms with Crippen molar-refractivity contribution in [2.75, 3.05) is 46.7 Å². The normalized spacial score (nSPS) is 16.6. The van der Waals surface area contributed by atoms with Crippen molar-refractivity contribution in [1.29, 1.82) is 0 Å². The van der Waals surface area contributed by atoms with Crippen LogP contribution in [0, 0.1) is 36.5 Å². The summed E-state index contributed by atoms with van der Waals surface area (Å²) in [6.07, 6.45) is 14.3. The first kappa shape index (κ1) is 43.9. The molecule has 10 nitrogen and oxygen atoms in total. The minimum atomic E-state index is -3.95. The molecule has 1 saturated carbocycles. The van der Waals surface area contributed by atoms with Gasteiger partial charge in [0.1, 0.15) is 18.9 Å². The zero-order valence-electron chi connectivity index (χ0n) is 28.6. The fourth-order valence-corrected chi connectivity index (χ4v) is 7.05. The quantitative estimate of drug-likeness (QED) is 0.120. The number of sulfonamides is 1. The van der Waals surface area contributed by atoms with E-state index in [1.54, 1.807) is 30.3 Å². The number of aliphatic hydroxyl groups excluding tert-OH is 2. The molecule has 0 bridgehead atoms. The fraction of sp³-hybridized carbons (Fsp3) is 0.657. The minimum absolute atomic E-state index is 0.0302. The molecule has 1 aromatic carbocycles. The standard InChI is InChI=1S/C34H51FN4O6S.CH2F2/c1-5-7-19-31(40)32(41)30(23-27-17-12-9-13-18-27)37-34(43)29(14-6-2)36-33(42)28(22-26-15-10-8-11-16-26)24-46(44,45)39(4)21-20-38(3)25-35;2-1-3/h1-2,8,10-11,15-16,27-32,40-41H,7,9,12-14,17-25H2,3-4H3,(H,36,42)(H,37,43);1H2/t28?,29-,30?,31?,32?;/m0./s1. The molecule has 1 aromatic rings. The number of alkyl halides is 3. The lowest BCUT2D eigenvalue weighted by atomic mass is 9.82. The minimum Gasteiger partial charge on any atom is -0.390 e. The Morgan fingerprint density at radius 1 is 0.980 bits per heavy atom. The van der Waals surface area contributed by atoms with Gasteiger partial charge in [0, 0.05) is 33.0 Å². The van der Waals surface area contributed by atoms with E-state index in [1.807, 2.05) is 0 Å². The van der Waals surface area contributed by atoms with E-state index in [0.29, 0.717) is 6.42 Å². The van der Waals surface area contributed by atoms with Crippen LogP contribution in [0.4, 0.5) is 13.2 Å². The number of terminal acetylenes is 2. The van der Waals surface area contributed by atoms with Crippen molar-refractivity contribution in [3.63, 3.8) is 0 Å². The maximum absolute atomic E-state index is 13.7. The van der Waals surface area contributed by atoms with Crippen molar-refractivity contribution < 1.29 is 41.4 Å². The van der Waals surface area contributed by atoms with Gasteiger partial charge in [-0.2, -0.15) is 0 Å². The Bertz CT molecular complexity index is 1290. The van der Waals surface area contributed by atoms with Gasteiger partial charge in [-0.1, -0.05) is 62.4 Å². The van der Waals surface area contributed by atoms with E-state index < -0.39 is 71.5 Å². The number of carbonyl (C=O) groups is 2. The van der Waals surface area contributed by atoms with Gasteiger partial charge in [0.15, 0.2) is 0 Å². The average Bonchev–Trinajstić information content (AvgIpc) is 3.09. The predicted molar refractivity (Wildman–Crippen MR) is 184 cm³/mol. The van der Waals surface area contributed by atoms with Crippen LogP contribution in [0.25, 0.3) is 0 Å². The topological polar surface area (TPSA) is 139 Å². The summed E-state index contributed by atoms with van der Waals surface area (Å²) in [7, 11) is -1.05. The van der Waals surface area contributed by atoms with Gasteiger partial charge in [-0.25, -0.2) is 25.9 Å². The van der Waals surface area contributed by atoms with E-state index in [4.69, 9.17) is 12.8 Å². The SMILES string of the molecule is C#CCCC(O)C(O)C(CC1CCCCC1)NC(=O)[C@H](CC#C)NC(=O)C(Cc1ccccc1)CS(=O)(=O)N(C)CCN(C)CF.FCF. The van der Waals surface area contributed by atoms with Gasteiger partial charge in [-0.3, -0.25) is 14.5 Å². The second-order valence-electron chi connectivity index (χ2n) is 12.4. The van der Waals surface area contributed by atoms with Gasteiger partial charge >= 0.3 is 0 Å². The maximum atomic E-state index is 13.7. The first-order chi connectivity index (χ1) is 23.3. The van der Waals surface area contributed by atoms with Gasteiger partial charge in [0.2, 0.25) is 28.8 Å². The average molecular weight is 715 g/mol. The van der Waals surface area contributed by atoms with Gasteiger partial charge in [0.25, 0.3) is 0 Å². The molecule has 5 atom stereocenters. The van der Waals surface area contributed by atoms with Crippen LogP contribution >= 0.6 is 0 Å². The third-order valence-electron chi connectivity index (χ3n) is 8.57. The molecule has 4 unspecified atom stereocenters. The van der Waals surface area contributed by atoms with Crippen LogP contribution < -0.4 is 10.6 Å². The second-order valence-corrected chi connectivity index (χ2v) is 14.5. The third kappa shape index (κ3) is 16.9. The summed E-state index contributed by atoms with van der Waals surface area (Å²) in [5.41, 5.74) is 0.729. The number of rotatable bonds is 20. The molecule has 1 aliphatic carbocycles. The molecule has 0 spiro atoms. The Hall–Kier alpha value is -3.14. The monoisotopic (exact) mass is 714 g/mol.